The molecule has 1 aromatic rings. The minimum atomic E-state index is -1.26. The van der Waals surface area contributed by atoms with Gasteiger partial charge >= 0.3 is 0 Å². The summed E-state index contributed by atoms with van der Waals surface area (Å²) in [6, 6.07) is 1.29. The highest BCUT2D eigenvalue weighted by molar-refractivity contribution is 5.72. The maximum atomic E-state index is 12.9. The van der Waals surface area contributed by atoms with Crippen LogP contribution < -0.4 is 5.32 Å². The summed E-state index contributed by atoms with van der Waals surface area (Å²) in [7, 11) is 0. The zero-order chi connectivity index (χ0) is 10.7. The Kier molecular flexibility index (Phi) is 3.11. The number of nitrogens with one attached hydrogen (secondary N) is 1. The van der Waals surface area contributed by atoms with Crippen molar-refractivity contribution in [2.75, 3.05) is 0 Å². The molecule has 0 heterocycles. The number of carbonyl (C=O) groups is 1. The Hall–Kier alpha value is -1.52. The van der Waals surface area contributed by atoms with Crippen LogP contribution in [0.15, 0.2) is 12.1 Å². The van der Waals surface area contributed by atoms with Gasteiger partial charge in [-0.25, -0.2) is 13.2 Å². The van der Waals surface area contributed by atoms with Crippen molar-refractivity contribution in [1.29, 1.82) is 0 Å². The van der Waals surface area contributed by atoms with Gasteiger partial charge in [0.1, 0.15) is 5.82 Å². The molecule has 0 fully saturated rings. The average molecular weight is 203 g/mol. The van der Waals surface area contributed by atoms with E-state index in [0.29, 0.717) is 6.07 Å². The number of halogens is 3. The topological polar surface area (TPSA) is 29.1 Å². The highest BCUT2D eigenvalue weighted by atomic mass is 19.2. The third-order valence-corrected chi connectivity index (χ3v) is 1.60. The van der Waals surface area contributed by atoms with E-state index in [4.69, 9.17) is 0 Å². The number of benzene rings is 1. The molecule has 1 aromatic carbocycles. The molecule has 0 aromatic heterocycles. The highest BCUT2D eigenvalue weighted by Crippen LogP contribution is 2.13. The van der Waals surface area contributed by atoms with Gasteiger partial charge in [-0.3, -0.25) is 4.79 Å². The first-order chi connectivity index (χ1) is 6.50. The van der Waals surface area contributed by atoms with Gasteiger partial charge in [-0.2, -0.15) is 0 Å². The number of rotatable bonds is 2. The second-order valence-electron chi connectivity index (χ2n) is 2.77. The summed E-state index contributed by atoms with van der Waals surface area (Å²) < 4.78 is 38.2. The minimum absolute atomic E-state index is 0.210. The van der Waals surface area contributed by atoms with Crippen molar-refractivity contribution < 1.29 is 18.0 Å². The molecule has 0 aliphatic heterocycles. The summed E-state index contributed by atoms with van der Waals surface area (Å²) in [5.41, 5.74) is -0.210. The summed E-state index contributed by atoms with van der Waals surface area (Å²) in [6.45, 7) is 1.00. The van der Waals surface area contributed by atoms with Gasteiger partial charge in [0.2, 0.25) is 5.91 Å². The first kappa shape index (κ1) is 10.6. The lowest BCUT2D eigenvalue weighted by molar-refractivity contribution is -0.119. The van der Waals surface area contributed by atoms with Gasteiger partial charge in [0.15, 0.2) is 11.6 Å². The molecular formula is C9H8F3NO. The van der Waals surface area contributed by atoms with Gasteiger partial charge in [0.05, 0.1) is 0 Å². The SMILES string of the molecule is CC(=O)NCc1cc(F)cc(F)c1F. The molecule has 0 bridgehead atoms. The van der Waals surface area contributed by atoms with E-state index in [-0.39, 0.29) is 12.1 Å². The summed E-state index contributed by atoms with van der Waals surface area (Å²) >= 11 is 0. The molecule has 0 unspecified atom stereocenters. The van der Waals surface area contributed by atoms with Gasteiger partial charge in [-0.1, -0.05) is 0 Å². The minimum Gasteiger partial charge on any atom is -0.352 e. The molecule has 0 aliphatic rings. The van der Waals surface area contributed by atoms with E-state index < -0.39 is 23.4 Å². The quantitative estimate of drug-likeness (QED) is 0.729. The predicted octanol–water partition coefficient (Wildman–Crippen LogP) is 1.74. The first-order valence-corrected chi connectivity index (χ1v) is 3.88. The normalized spacial score (nSPS) is 10.0. The average Bonchev–Trinajstić information content (AvgIpc) is 2.08. The maximum absolute atomic E-state index is 12.9. The van der Waals surface area contributed by atoms with Crippen LogP contribution in [0.4, 0.5) is 13.2 Å². The van der Waals surface area contributed by atoms with E-state index in [0.717, 1.165) is 6.07 Å². The van der Waals surface area contributed by atoms with Gasteiger partial charge in [0, 0.05) is 25.1 Å². The molecule has 0 saturated carbocycles. The van der Waals surface area contributed by atoms with Crippen LogP contribution in [0, 0.1) is 17.5 Å². The third kappa shape index (κ3) is 2.48. The molecular weight excluding hydrogens is 195 g/mol. The Bertz CT molecular complexity index is 365. The molecule has 76 valence electrons. The van der Waals surface area contributed by atoms with Crippen molar-refractivity contribution in [3.8, 4) is 0 Å². The molecule has 5 heteroatoms. The summed E-state index contributed by atoms with van der Waals surface area (Å²) in [5, 5.41) is 2.24. The lowest BCUT2D eigenvalue weighted by Gasteiger charge is -2.04. The molecule has 0 radical (unpaired) electrons. The molecule has 2 nitrogen and oxygen atoms in total. The Morgan fingerprint density at radius 3 is 2.57 bits per heavy atom. The number of hydrogen-bond acceptors (Lipinski definition) is 1. The fraction of sp³-hybridized carbons (Fsp3) is 0.222. The maximum Gasteiger partial charge on any atom is 0.217 e. The van der Waals surface area contributed by atoms with Crippen LogP contribution >= 0.6 is 0 Å². The number of amides is 1. The number of hydrogen-bond donors (Lipinski definition) is 1. The Morgan fingerprint density at radius 2 is 2.00 bits per heavy atom. The Morgan fingerprint density at radius 1 is 1.36 bits per heavy atom. The zero-order valence-corrected chi connectivity index (χ0v) is 7.40. The van der Waals surface area contributed by atoms with Crippen molar-refractivity contribution in [3.63, 3.8) is 0 Å². The molecule has 1 N–H and O–H groups in total. The second kappa shape index (κ2) is 4.13. The van der Waals surface area contributed by atoms with Crippen LogP contribution in [0.3, 0.4) is 0 Å². The Balaban J connectivity index is 2.90. The van der Waals surface area contributed by atoms with E-state index >= 15 is 0 Å². The van der Waals surface area contributed by atoms with Gasteiger partial charge < -0.3 is 5.32 Å². The van der Waals surface area contributed by atoms with Crippen LogP contribution in [-0.4, -0.2) is 5.91 Å². The lowest BCUT2D eigenvalue weighted by Crippen LogP contribution is -2.20. The molecule has 0 spiro atoms. The van der Waals surface area contributed by atoms with Crippen molar-refractivity contribution in [2.45, 2.75) is 13.5 Å². The highest BCUT2D eigenvalue weighted by Gasteiger charge is 2.10. The lowest BCUT2D eigenvalue weighted by atomic mass is 10.2. The van der Waals surface area contributed by atoms with Crippen LogP contribution in [0.2, 0.25) is 0 Å². The van der Waals surface area contributed by atoms with E-state index in [1.807, 2.05) is 0 Å². The van der Waals surface area contributed by atoms with E-state index in [1.54, 1.807) is 0 Å². The van der Waals surface area contributed by atoms with Gasteiger partial charge in [0.25, 0.3) is 0 Å². The van der Waals surface area contributed by atoms with Gasteiger partial charge in [-0.05, 0) is 6.07 Å². The van der Waals surface area contributed by atoms with Crippen molar-refractivity contribution in [3.05, 3.63) is 35.1 Å². The third-order valence-electron chi connectivity index (χ3n) is 1.60. The van der Waals surface area contributed by atoms with Crippen molar-refractivity contribution in [1.82, 2.24) is 5.32 Å². The van der Waals surface area contributed by atoms with Crippen molar-refractivity contribution in [2.24, 2.45) is 0 Å². The molecule has 0 saturated heterocycles. The van der Waals surface area contributed by atoms with Crippen LogP contribution in [0.5, 0.6) is 0 Å². The first-order valence-electron chi connectivity index (χ1n) is 3.88. The van der Waals surface area contributed by atoms with E-state index in [2.05, 4.69) is 5.32 Å². The summed E-state index contributed by atoms with van der Waals surface area (Å²) in [5.74, 6) is -3.66. The molecule has 0 atom stereocenters. The van der Waals surface area contributed by atoms with Crippen LogP contribution in [-0.2, 0) is 11.3 Å². The van der Waals surface area contributed by atoms with Gasteiger partial charge in [-0.15, -0.1) is 0 Å². The largest absolute Gasteiger partial charge is 0.352 e. The summed E-state index contributed by atoms with van der Waals surface area (Å²) in [6.07, 6.45) is 0. The van der Waals surface area contributed by atoms with E-state index in [9.17, 15) is 18.0 Å². The number of carbonyl (C=O) groups excluding carboxylic acids is 1. The Labute approximate surface area is 78.7 Å². The van der Waals surface area contributed by atoms with Crippen LogP contribution in [0.25, 0.3) is 0 Å². The van der Waals surface area contributed by atoms with E-state index in [1.165, 1.54) is 6.92 Å². The monoisotopic (exact) mass is 203 g/mol. The standard InChI is InChI=1S/C9H8F3NO/c1-5(14)13-4-6-2-7(10)3-8(11)9(6)12/h2-3H,4H2,1H3,(H,13,14). The van der Waals surface area contributed by atoms with Crippen LogP contribution in [0.1, 0.15) is 12.5 Å². The molecule has 0 aliphatic carbocycles. The molecule has 1 rings (SSSR count). The second-order valence-corrected chi connectivity index (χ2v) is 2.77. The molecule has 14 heavy (non-hydrogen) atoms. The fourth-order valence-corrected chi connectivity index (χ4v) is 0.958. The zero-order valence-electron chi connectivity index (χ0n) is 7.40. The fourth-order valence-electron chi connectivity index (χ4n) is 0.958. The summed E-state index contributed by atoms with van der Waals surface area (Å²) in [4.78, 5) is 10.5. The van der Waals surface area contributed by atoms with Crippen molar-refractivity contribution >= 4 is 5.91 Å². The predicted molar refractivity (Wildman–Crippen MR) is 43.8 cm³/mol. The molecule has 1 amide bonds. The smallest absolute Gasteiger partial charge is 0.217 e.